The standard InChI is InChI=1S/C11H14N2O2/c1-4-9(5-6-12)13-10(14)7(2)8(3)11(13)15/h9H,4-5H2,1-3H3. The van der Waals surface area contributed by atoms with Gasteiger partial charge < -0.3 is 0 Å². The maximum Gasteiger partial charge on any atom is 0.257 e. The number of nitrogens with zero attached hydrogens (tertiary/aromatic N) is 2. The molecule has 0 aromatic carbocycles. The zero-order valence-electron chi connectivity index (χ0n) is 9.20. The molecule has 1 aliphatic heterocycles. The quantitative estimate of drug-likeness (QED) is 0.655. The summed E-state index contributed by atoms with van der Waals surface area (Å²) in [4.78, 5) is 24.7. The Morgan fingerprint density at radius 3 is 2.07 bits per heavy atom. The van der Waals surface area contributed by atoms with Gasteiger partial charge in [0.1, 0.15) is 0 Å². The Balaban J connectivity index is 2.96. The lowest BCUT2D eigenvalue weighted by molar-refractivity contribution is -0.140. The number of imide groups is 1. The van der Waals surface area contributed by atoms with E-state index in [9.17, 15) is 9.59 Å². The molecule has 4 nitrogen and oxygen atoms in total. The summed E-state index contributed by atoms with van der Waals surface area (Å²) in [5, 5.41) is 8.62. The number of amides is 2. The number of hydrogen-bond donors (Lipinski definition) is 0. The molecule has 0 aromatic rings. The Labute approximate surface area is 89.2 Å². The van der Waals surface area contributed by atoms with Crippen molar-refractivity contribution in [3.8, 4) is 6.07 Å². The van der Waals surface area contributed by atoms with Crippen molar-refractivity contribution in [2.24, 2.45) is 0 Å². The van der Waals surface area contributed by atoms with Gasteiger partial charge in [-0.2, -0.15) is 5.26 Å². The molecule has 0 aliphatic carbocycles. The van der Waals surface area contributed by atoms with Crippen LogP contribution in [0.1, 0.15) is 33.6 Å². The van der Waals surface area contributed by atoms with Crippen LogP contribution in [0.5, 0.6) is 0 Å². The molecule has 1 aliphatic rings. The molecule has 1 unspecified atom stereocenters. The molecule has 0 aromatic heterocycles. The van der Waals surface area contributed by atoms with Crippen LogP contribution in [0.2, 0.25) is 0 Å². The highest BCUT2D eigenvalue weighted by Gasteiger charge is 2.37. The Morgan fingerprint density at radius 1 is 1.27 bits per heavy atom. The molecule has 15 heavy (non-hydrogen) atoms. The predicted molar refractivity (Wildman–Crippen MR) is 54.5 cm³/mol. The minimum absolute atomic E-state index is 0.203. The van der Waals surface area contributed by atoms with Gasteiger partial charge in [-0.25, -0.2) is 0 Å². The average Bonchev–Trinajstić information content (AvgIpc) is 2.41. The van der Waals surface area contributed by atoms with Crippen molar-refractivity contribution < 1.29 is 9.59 Å². The molecule has 0 saturated heterocycles. The van der Waals surface area contributed by atoms with Gasteiger partial charge in [-0.05, 0) is 20.3 Å². The second-order valence-corrected chi connectivity index (χ2v) is 3.65. The van der Waals surface area contributed by atoms with Gasteiger partial charge in [-0.1, -0.05) is 6.92 Å². The van der Waals surface area contributed by atoms with E-state index in [1.807, 2.05) is 13.0 Å². The third-order valence-corrected chi connectivity index (χ3v) is 2.81. The van der Waals surface area contributed by atoms with Gasteiger partial charge in [0, 0.05) is 11.1 Å². The van der Waals surface area contributed by atoms with Gasteiger partial charge in [-0.3, -0.25) is 14.5 Å². The van der Waals surface area contributed by atoms with E-state index in [-0.39, 0.29) is 24.3 Å². The molecule has 0 N–H and O–H groups in total. The van der Waals surface area contributed by atoms with E-state index in [0.29, 0.717) is 17.6 Å². The highest BCUT2D eigenvalue weighted by atomic mass is 16.2. The van der Waals surface area contributed by atoms with Crippen LogP contribution >= 0.6 is 0 Å². The van der Waals surface area contributed by atoms with E-state index in [0.717, 1.165) is 0 Å². The van der Waals surface area contributed by atoms with Gasteiger partial charge >= 0.3 is 0 Å². The lowest BCUT2D eigenvalue weighted by atomic mass is 10.1. The zero-order chi connectivity index (χ0) is 11.6. The molecule has 80 valence electrons. The molecule has 2 amide bonds. The number of carbonyl (C=O) groups is 2. The maximum atomic E-state index is 11.7. The first-order valence-corrected chi connectivity index (χ1v) is 4.96. The third-order valence-electron chi connectivity index (χ3n) is 2.81. The highest BCUT2D eigenvalue weighted by Crippen LogP contribution is 2.24. The van der Waals surface area contributed by atoms with Crippen LogP contribution in [0.4, 0.5) is 0 Å². The van der Waals surface area contributed by atoms with Gasteiger partial charge in [0.05, 0.1) is 18.5 Å². The normalized spacial score (nSPS) is 18.4. The SMILES string of the molecule is CCC(CC#N)N1C(=O)C(C)=C(C)C1=O. The second kappa shape index (κ2) is 4.26. The maximum absolute atomic E-state index is 11.7. The molecule has 0 saturated carbocycles. The molecule has 0 radical (unpaired) electrons. The van der Waals surface area contributed by atoms with Crippen LogP contribution in [0.15, 0.2) is 11.1 Å². The summed E-state index contributed by atoms with van der Waals surface area (Å²) in [5.74, 6) is -0.501. The molecule has 0 spiro atoms. The Bertz CT molecular complexity index is 353. The van der Waals surface area contributed by atoms with Crippen LogP contribution in [0.3, 0.4) is 0 Å². The van der Waals surface area contributed by atoms with Crippen molar-refractivity contribution in [3.63, 3.8) is 0 Å². The van der Waals surface area contributed by atoms with Crippen molar-refractivity contribution >= 4 is 11.8 Å². The average molecular weight is 206 g/mol. The number of hydrogen-bond acceptors (Lipinski definition) is 3. The fourth-order valence-corrected chi connectivity index (χ4v) is 1.63. The van der Waals surface area contributed by atoms with Crippen LogP contribution in [0.25, 0.3) is 0 Å². The molecular weight excluding hydrogens is 192 g/mol. The molecule has 1 heterocycles. The van der Waals surface area contributed by atoms with Crippen LogP contribution in [-0.4, -0.2) is 22.8 Å². The van der Waals surface area contributed by atoms with Crippen LogP contribution in [0, 0.1) is 11.3 Å². The molecule has 0 fully saturated rings. The number of rotatable bonds is 3. The van der Waals surface area contributed by atoms with Crippen molar-refractivity contribution in [2.75, 3.05) is 0 Å². The Hall–Kier alpha value is -1.63. The first kappa shape index (κ1) is 11.4. The molecule has 0 bridgehead atoms. The van der Waals surface area contributed by atoms with Crippen LogP contribution < -0.4 is 0 Å². The number of carbonyl (C=O) groups excluding carboxylic acids is 2. The topological polar surface area (TPSA) is 61.2 Å². The summed E-state index contributed by atoms with van der Waals surface area (Å²) in [6, 6.07) is 1.71. The fraction of sp³-hybridized carbons (Fsp3) is 0.545. The summed E-state index contributed by atoms with van der Waals surface area (Å²) in [6.07, 6.45) is 0.820. The van der Waals surface area contributed by atoms with Crippen molar-refractivity contribution in [1.82, 2.24) is 4.90 Å². The largest absolute Gasteiger partial charge is 0.271 e. The van der Waals surface area contributed by atoms with Gasteiger partial charge in [0.2, 0.25) is 0 Å². The van der Waals surface area contributed by atoms with Gasteiger partial charge in [0.25, 0.3) is 11.8 Å². The van der Waals surface area contributed by atoms with E-state index in [1.54, 1.807) is 13.8 Å². The smallest absolute Gasteiger partial charge is 0.257 e. The van der Waals surface area contributed by atoms with E-state index in [2.05, 4.69) is 0 Å². The zero-order valence-corrected chi connectivity index (χ0v) is 9.20. The van der Waals surface area contributed by atoms with Crippen molar-refractivity contribution in [2.45, 2.75) is 39.7 Å². The summed E-state index contributed by atoms with van der Waals surface area (Å²) in [6.45, 7) is 5.16. The number of nitriles is 1. The van der Waals surface area contributed by atoms with Crippen molar-refractivity contribution in [3.05, 3.63) is 11.1 Å². The molecule has 1 atom stereocenters. The molecule has 1 rings (SSSR count). The van der Waals surface area contributed by atoms with Gasteiger partial charge in [0.15, 0.2) is 0 Å². The van der Waals surface area contributed by atoms with Gasteiger partial charge in [-0.15, -0.1) is 0 Å². The molecular formula is C11H14N2O2. The van der Waals surface area contributed by atoms with E-state index < -0.39 is 0 Å². The fourth-order valence-electron chi connectivity index (χ4n) is 1.63. The highest BCUT2D eigenvalue weighted by molar-refractivity contribution is 6.18. The summed E-state index contributed by atoms with van der Waals surface area (Å²) < 4.78 is 0. The summed E-state index contributed by atoms with van der Waals surface area (Å²) in [7, 11) is 0. The van der Waals surface area contributed by atoms with Crippen LogP contribution in [-0.2, 0) is 9.59 Å². The Morgan fingerprint density at radius 2 is 1.73 bits per heavy atom. The summed E-state index contributed by atoms with van der Waals surface area (Å²) >= 11 is 0. The Kier molecular flexibility index (Phi) is 3.25. The minimum Gasteiger partial charge on any atom is -0.271 e. The lowest BCUT2D eigenvalue weighted by Gasteiger charge is -2.23. The minimum atomic E-state index is -0.289. The monoisotopic (exact) mass is 206 g/mol. The first-order chi connectivity index (χ1) is 7.04. The predicted octanol–water partition coefficient (Wildman–Crippen LogP) is 1.38. The second-order valence-electron chi connectivity index (χ2n) is 3.65. The first-order valence-electron chi connectivity index (χ1n) is 4.96. The summed E-state index contributed by atoms with van der Waals surface area (Å²) in [5.41, 5.74) is 0.993. The lowest BCUT2D eigenvalue weighted by Crippen LogP contribution is -2.40. The molecule has 4 heteroatoms. The van der Waals surface area contributed by atoms with E-state index in [4.69, 9.17) is 5.26 Å². The van der Waals surface area contributed by atoms with Crippen molar-refractivity contribution in [1.29, 1.82) is 5.26 Å². The third kappa shape index (κ3) is 1.78. The van der Waals surface area contributed by atoms with E-state index in [1.165, 1.54) is 4.90 Å². The van der Waals surface area contributed by atoms with E-state index >= 15 is 0 Å².